The molecule has 2 rings (SSSR count). The lowest BCUT2D eigenvalue weighted by Crippen LogP contribution is -2.28. The van der Waals surface area contributed by atoms with Crippen LogP contribution in [0.25, 0.3) is 0 Å². The van der Waals surface area contributed by atoms with Crippen molar-refractivity contribution in [1.82, 2.24) is 15.3 Å². The third kappa shape index (κ3) is 7.59. The molecule has 0 radical (unpaired) electrons. The summed E-state index contributed by atoms with van der Waals surface area (Å²) in [6.07, 6.45) is -4.48. The maximum atomic E-state index is 12.5. The first-order chi connectivity index (χ1) is 13.5. The van der Waals surface area contributed by atoms with Crippen LogP contribution in [0.3, 0.4) is 0 Å². The van der Waals surface area contributed by atoms with Gasteiger partial charge in [-0.2, -0.15) is 13.2 Å². The molecule has 1 amide bonds. The number of amides is 1. The predicted octanol–water partition coefficient (Wildman–Crippen LogP) is 4.29. The first-order valence-corrected chi connectivity index (χ1v) is 9.23. The summed E-state index contributed by atoms with van der Waals surface area (Å²) < 4.78 is 41.4. The molecule has 0 bridgehead atoms. The van der Waals surface area contributed by atoms with Crippen LogP contribution >= 0.6 is 0 Å². The number of aryl methyl sites for hydroxylation is 1. The van der Waals surface area contributed by atoms with Crippen molar-refractivity contribution in [2.24, 2.45) is 5.92 Å². The smallest absolute Gasteiger partial charge is 0.422 e. The van der Waals surface area contributed by atoms with E-state index in [1.807, 2.05) is 26.0 Å². The lowest BCUT2D eigenvalue weighted by molar-refractivity contribution is -0.154. The van der Waals surface area contributed by atoms with Gasteiger partial charge in [0.25, 0.3) is 5.91 Å². The van der Waals surface area contributed by atoms with Gasteiger partial charge in [-0.15, -0.1) is 0 Å². The number of nitrogens with one attached hydrogen (secondary N) is 2. The number of carbonyl (C=O) groups excluding carboxylic acids is 1. The van der Waals surface area contributed by atoms with Crippen molar-refractivity contribution in [2.75, 3.05) is 18.5 Å². The Bertz CT molecular complexity index is 841. The Morgan fingerprint density at radius 3 is 2.55 bits per heavy atom. The highest BCUT2D eigenvalue weighted by Gasteiger charge is 2.28. The first-order valence-electron chi connectivity index (χ1n) is 9.23. The van der Waals surface area contributed by atoms with Crippen LogP contribution in [0.2, 0.25) is 0 Å². The molecule has 1 atom stereocenters. The second-order valence-corrected chi connectivity index (χ2v) is 7.16. The molecule has 9 heteroatoms. The lowest BCUT2D eigenvalue weighted by Gasteiger charge is -2.17. The number of hydrogen-bond donors (Lipinski definition) is 2. The van der Waals surface area contributed by atoms with E-state index < -0.39 is 18.7 Å². The number of pyridine rings is 2. The number of aromatic nitrogens is 2. The van der Waals surface area contributed by atoms with Gasteiger partial charge in [-0.05, 0) is 43.5 Å². The summed E-state index contributed by atoms with van der Waals surface area (Å²) in [4.78, 5) is 20.8. The molecule has 0 saturated carbocycles. The van der Waals surface area contributed by atoms with Crippen LogP contribution in [0, 0.1) is 12.8 Å². The van der Waals surface area contributed by atoms with E-state index in [9.17, 15) is 18.0 Å². The summed E-state index contributed by atoms with van der Waals surface area (Å²) in [5, 5.41) is 6.05. The number of nitrogens with zero attached hydrogens (tertiary/aromatic N) is 2. The molecule has 0 spiro atoms. The van der Waals surface area contributed by atoms with E-state index >= 15 is 0 Å². The van der Waals surface area contributed by atoms with Gasteiger partial charge in [-0.25, -0.2) is 9.97 Å². The Morgan fingerprint density at radius 2 is 1.90 bits per heavy atom. The van der Waals surface area contributed by atoms with Gasteiger partial charge in [0.2, 0.25) is 5.88 Å². The Hall–Kier alpha value is -2.84. The Kier molecular flexibility index (Phi) is 7.41. The van der Waals surface area contributed by atoms with Crippen molar-refractivity contribution in [3.05, 3.63) is 47.3 Å². The topological polar surface area (TPSA) is 76.1 Å². The van der Waals surface area contributed by atoms with E-state index in [1.54, 1.807) is 0 Å². The van der Waals surface area contributed by atoms with E-state index in [1.165, 1.54) is 18.2 Å². The Balaban J connectivity index is 2.07. The molecule has 0 fully saturated rings. The van der Waals surface area contributed by atoms with Crippen LogP contribution in [0.15, 0.2) is 30.3 Å². The fourth-order valence-electron chi connectivity index (χ4n) is 2.48. The molecule has 0 aliphatic rings. The zero-order valence-corrected chi connectivity index (χ0v) is 16.8. The van der Waals surface area contributed by atoms with Crippen molar-refractivity contribution in [3.63, 3.8) is 0 Å². The maximum Gasteiger partial charge on any atom is 0.422 e. The van der Waals surface area contributed by atoms with E-state index in [-0.39, 0.29) is 17.6 Å². The molecular formula is C20H25F3N4O2. The van der Waals surface area contributed by atoms with Crippen LogP contribution in [-0.2, 0) is 0 Å². The van der Waals surface area contributed by atoms with Crippen LogP contribution in [-0.4, -0.2) is 35.2 Å². The molecule has 2 aromatic rings. The molecular weight excluding hydrogens is 385 g/mol. The van der Waals surface area contributed by atoms with Crippen molar-refractivity contribution in [1.29, 1.82) is 0 Å². The largest absolute Gasteiger partial charge is 0.468 e. The highest BCUT2D eigenvalue weighted by atomic mass is 19.4. The number of ether oxygens (including phenoxy) is 1. The third-order valence-corrected chi connectivity index (χ3v) is 3.85. The summed E-state index contributed by atoms with van der Waals surface area (Å²) in [5.41, 5.74) is 1.62. The number of carbonyl (C=O) groups is 1. The molecule has 158 valence electrons. The Morgan fingerprint density at radius 1 is 1.17 bits per heavy atom. The zero-order chi connectivity index (χ0) is 21.6. The van der Waals surface area contributed by atoms with Crippen molar-refractivity contribution in [2.45, 2.75) is 39.9 Å². The number of alkyl halides is 3. The van der Waals surface area contributed by atoms with Crippen molar-refractivity contribution >= 4 is 11.7 Å². The minimum absolute atomic E-state index is 0.0274. The highest BCUT2D eigenvalue weighted by molar-refractivity contribution is 5.92. The Labute approximate surface area is 167 Å². The van der Waals surface area contributed by atoms with Gasteiger partial charge in [-0.1, -0.05) is 19.9 Å². The molecule has 0 saturated heterocycles. The average Bonchev–Trinajstić information content (AvgIpc) is 2.64. The lowest BCUT2D eigenvalue weighted by atomic mass is 10.1. The number of halogens is 3. The molecule has 0 aliphatic heterocycles. The first kappa shape index (κ1) is 22.4. The van der Waals surface area contributed by atoms with Gasteiger partial charge in [0, 0.05) is 18.3 Å². The quantitative estimate of drug-likeness (QED) is 0.679. The number of rotatable bonds is 8. The van der Waals surface area contributed by atoms with Gasteiger partial charge in [-0.3, -0.25) is 4.79 Å². The minimum Gasteiger partial charge on any atom is -0.468 e. The fourth-order valence-corrected chi connectivity index (χ4v) is 2.48. The van der Waals surface area contributed by atoms with Gasteiger partial charge < -0.3 is 15.4 Å². The summed E-state index contributed by atoms with van der Waals surface area (Å²) in [6, 6.07) is 7.47. The van der Waals surface area contributed by atoms with Gasteiger partial charge in [0.05, 0.1) is 6.04 Å². The standard InChI is InChI=1S/C20H25F3N4O2/c1-12(2)10-24-17-9-15(8-13(3)25-17)14(4)26-19(28)16-6-5-7-18(27-16)29-11-20(21,22)23/h5-9,12,14H,10-11H2,1-4H3,(H,24,25)(H,26,28). The monoisotopic (exact) mass is 410 g/mol. The van der Waals surface area contributed by atoms with Crippen LogP contribution in [0.4, 0.5) is 19.0 Å². The zero-order valence-electron chi connectivity index (χ0n) is 16.8. The normalized spacial score (nSPS) is 12.6. The average molecular weight is 410 g/mol. The van der Waals surface area contributed by atoms with Gasteiger partial charge in [0.1, 0.15) is 11.5 Å². The SMILES string of the molecule is Cc1cc(C(C)NC(=O)c2cccc(OCC(F)(F)F)n2)cc(NCC(C)C)n1. The molecule has 0 aliphatic carbocycles. The van der Waals surface area contributed by atoms with Crippen LogP contribution < -0.4 is 15.4 Å². The molecule has 29 heavy (non-hydrogen) atoms. The molecule has 2 heterocycles. The number of hydrogen-bond acceptors (Lipinski definition) is 5. The third-order valence-electron chi connectivity index (χ3n) is 3.85. The highest BCUT2D eigenvalue weighted by Crippen LogP contribution is 2.20. The fraction of sp³-hybridized carbons (Fsp3) is 0.450. The summed E-state index contributed by atoms with van der Waals surface area (Å²) in [7, 11) is 0. The van der Waals surface area contributed by atoms with Crippen molar-refractivity contribution < 1.29 is 22.7 Å². The van der Waals surface area contributed by atoms with E-state index in [0.717, 1.165) is 23.6 Å². The predicted molar refractivity (Wildman–Crippen MR) is 104 cm³/mol. The van der Waals surface area contributed by atoms with E-state index in [0.29, 0.717) is 5.92 Å². The van der Waals surface area contributed by atoms with E-state index in [4.69, 9.17) is 0 Å². The number of anilines is 1. The second-order valence-electron chi connectivity index (χ2n) is 7.16. The van der Waals surface area contributed by atoms with Gasteiger partial charge in [0.15, 0.2) is 6.61 Å². The van der Waals surface area contributed by atoms with Crippen LogP contribution in [0.5, 0.6) is 5.88 Å². The second kappa shape index (κ2) is 9.58. The van der Waals surface area contributed by atoms with Crippen LogP contribution in [0.1, 0.15) is 48.6 Å². The summed E-state index contributed by atoms with van der Waals surface area (Å²) in [6.45, 7) is 7.15. The molecule has 2 aromatic heterocycles. The maximum absolute atomic E-state index is 12.5. The molecule has 1 unspecified atom stereocenters. The molecule has 0 aromatic carbocycles. The molecule has 2 N–H and O–H groups in total. The molecule has 6 nitrogen and oxygen atoms in total. The van der Waals surface area contributed by atoms with Crippen molar-refractivity contribution in [3.8, 4) is 5.88 Å². The van der Waals surface area contributed by atoms with Gasteiger partial charge >= 0.3 is 6.18 Å². The minimum atomic E-state index is -4.48. The summed E-state index contributed by atoms with van der Waals surface area (Å²) >= 11 is 0. The summed E-state index contributed by atoms with van der Waals surface area (Å²) in [5.74, 6) is 0.398. The van der Waals surface area contributed by atoms with E-state index in [2.05, 4.69) is 39.2 Å².